The normalized spacial score (nSPS) is 12.9. The lowest BCUT2D eigenvalue weighted by molar-refractivity contribution is 0.457. The highest BCUT2D eigenvalue weighted by atomic mass is 32.2. The monoisotopic (exact) mass is 227 g/mol. The Hall–Kier alpha value is -0.410. The molecule has 1 aromatic rings. The van der Waals surface area contributed by atoms with E-state index in [1.807, 2.05) is 23.9 Å². The van der Waals surface area contributed by atoms with E-state index in [0.29, 0.717) is 6.04 Å². The van der Waals surface area contributed by atoms with Gasteiger partial charge >= 0.3 is 0 Å². The van der Waals surface area contributed by atoms with Crippen molar-refractivity contribution < 1.29 is 4.42 Å². The van der Waals surface area contributed by atoms with Crippen LogP contribution in [0.15, 0.2) is 22.8 Å². The third-order valence-electron chi connectivity index (χ3n) is 2.25. The maximum Gasteiger partial charge on any atom is 0.105 e. The average Bonchev–Trinajstić information content (AvgIpc) is 2.70. The summed E-state index contributed by atoms with van der Waals surface area (Å²) in [6.07, 6.45) is 3.97. The molecule has 0 fully saturated rings. The van der Waals surface area contributed by atoms with Gasteiger partial charge in [0, 0.05) is 12.5 Å². The Balaban J connectivity index is 2.01. The van der Waals surface area contributed by atoms with Crippen LogP contribution in [0.4, 0.5) is 0 Å². The van der Waals surface area contributed by atoms with E-state index in [4.69, 9.17) is 4.42 Å². The quantitative estimate of drug-likeness (QED) is 0.691. The number of rotatable bonds is 8. The number of furan rings is 1. The first-order valence-corrected chi connectivity index (χ1v) is 6.82. The largest absolute Gasteiger partial charge is 0.469 e. The van der Waals surface area contributed by atoms with E-state index in [9.17, 15) is 0 Å². The molecule has 0 saturated heterocycles. The maximum atomic E-state index is 5.30. The van der Waals surface area contributed by atoms with Gasteiger partial charge in [-0.1, -0.05) is 6.92 Å². The molecule has 0 aliphatic carbocycles. The summed E-state index contributed by atoms with van der Waals surface area (Å²) in [7, 11) is 0. The average molecular weight is 227 g/mol. The molecule has 1 heterocycles. The predicted octanol–water partition coefficient (Wildman–Crippen LogP) is 2.94. The van der Waals surface area contributed by atoms with Crippen molar-refractivity contribution in [3.63, 3.8) is 0 Å². The van der Waals surface area contributed by atoms with Gasteiger partial charge in [-0.3, -0.25) is 0 Å². The molecule has 0 saturated carbocycles. The standard InChI is InChI=1S/C12H21NOS/c1-3-15-9-5-7-13-11(2)10-12-6-4-8-14-12/h4,6,8,11,13H,3,5,7,9-10H2,1-2H3. The van der Waals surface area contributed by atoms with Crippen LogP contribution >= 0.6 is 11.8 Å². The molecule has 0 aliphatic heterocycles. The van der Waals surface area contributed by atoms with Gasteiger partial charge in [0.2, 0.25) is 0 Å². The molecule has 2 nitrogen and oxygen atoms in total. The minimum Gasteiger partial charge on any atom is -0.469 e. The van der Waals surface area contributed by atoms with E-state index >= 15 is 0 Å². The minimum atomic E-state index is 0.503. The van der Waals surface area contributed by atoms with Crippen molar-refractivity contribution in [1.29, 1.82) is 0 Å². The summed E-state index contributed by atoms with van der Waals surface area (Å²) in [5.41, 5.74) is 0. The van der Waals surface area contributed by atoms with Crippen molar-refractivity contribution in [1.82, 2.24) is 5.32 Å². The minimum absolute atomic E-state index is 0.503. The Bertz CT molecular complexity index is 236. The van der Waals surface area contributed by atoms with E-state index in [1.165, 1.54) is 17.9 Å². The molecule has 3 heteroatoms. The highest BCUT2D eigenvalue weighted by Crippen LogP contribution is 2.04. The summed E-state index contributed by atoms with van der Waals surface area (Å²) >= 11 is 2.01. The van der Waals surface area contributed by atoms with Crippen LogP contribution in [0.1, 0.15) is 26.0 Å². The van der Waals surface area contributed by atoms with Crippen LogP contribution in [0.3, 0.4) is 0 Å². The molecule has 86 valence electrons. The van der Waals surface area contributed by atoms with Gasteiger partial charge in [0.15, 0.2) is 0 Å². The Labute approximate surface area is 96.8 Å². The van der Waals surface area contributed by atoms with Crippen LogP contribution in [0, 0.1) is 0 Å². The number of hydrogen-bond donors (Lipinski definition) is 1. The Morgan fingerprint density at radius 2 is 2.40 bits per heavy atom. The van der Waals surface area contributed by atoms with E-state index in [0.717, 1.165) is 18.7 Å². The molecule has 1 rings (SSSR count). The summed E-state index contributed by atoms with van der Waals surface area (Å²) in [4.78, 5) is 0. The number of nitrogens with one attached hydrogen (secondary N) is 1. The van der Waals surface area contributed by atoms with Gasteiger partial charge in [0.1, 0.15) is 5.76 Å². The molecule has 0 spiro atoms. The lowest BCUT2D eigenvalue weighted by atomic mass is 10.2. The fraction of sp³-hybridized carbons (Fsp3) is 0.667. The first-order chi connectivity index (χ1) is 7.33. The third-order valence-corrected chi connectivity index (χ3v) is 3.24. The Kier molecular flexibility index (Phi) is 6.60. The van der Waals surface area contributed by atoms with Crippen molar-refractivity contribution in [3.8, 4) is 0 Å². The maximum absolute atomic E-state index is 5.30. The van der Waals surface area contributed by atoms with Crippen molar-refractivity contribution in [2.24, 2.45) is 0 Å². The second-order valence-corrected chi connectivity index (χ2v) is 5.08. The van der Waals surface area contributed by atoms with Crippen LogP contribution in [0.25, 0.3) is 0 Å². The van der Waals surface area contributed by atoms with Crippen molar-refractivity contribution in [3.05, 3.63) is 24.2 Å². The summed E-state index contributed by atoms with van der Waals surface area (Å²) in [5.74, 6) is 3.55. The summed E-state index contributed by atoms with van der Waals surface area (Å²) in [6, 6.07) is 4.48. The molecule has 0 aromatic carbocycles. The first-order valence-electron chi connectivity index (χ1n) is 5.66. The van der Waals surface area contributed by atoms with Crippen LogP contribution in [0.5, 0.6) is 0 Å². The van der Waals surface area contributed by atoms with Gasteiger partial charge < -0.3 is 9.73 Å². The van der Waals surface area contributed by atoms with Crippen LogP contribution < -0.4 is 5.32 Å². The van der Waals surface area contributed by atoms with Crippen molar-refractivity contribution in [2.45, 2.75) is 32.7 Å². The fourth-order valence-electron chi connectivity index (χ4n) is 1.47. The van der Waals surface area contributed by atoms with Gasteiger partial charge in [-0.25, -0.2) is 0 Å². The van der Waals surface area contributed by atoms with Crippen LogP contribution in [-0.2, 0) is 6.42 Å². The second kappa shape index (κ2) is 7.83. The molecular formula is C12H21NOS. The van der Waals surface area contributed by atoms with E-state index in [2.05, 4.69) is 19.2 Å². The molecule has 0 radical (unpaired) electrons. The van der Waals surface area contributed by atoms with Crippen molar-refractivity contribution >= 4 is 11.8 Å². The molecule has 0 bridgehead atoms. The van der Waals surface area contributed by atoms with E-state index in [-0.39, 0.29) is 0 Å². The van der Waals surface area contributed by atoms with Gasteiger partial charge in [-0.15, -0.1) is 0 Å². The zero-order chi connectivity index (χ0) is 10.9. The number of thioether (sulfide) groups is 1. The van der Waals surface area contributed by atoms with Gasteiger partial charge in [-0.2, -0.15) is 11.8 Å². The number of hydrogen-bond acceptors (Lipinski definition) is 3. The van der Waals surface area contributed by atoms with Crippen molar-refractivity contribution in [2.75, 3.05) is 18.1 Å². The molecule has 1 atom stereocenters. The topological polar surface area (TPSA) is 25.2 Å². The van der Waals surface area contributed by atoms with Crippen LogP contribution in [0.2, 0.25) is 0 Å². The molecule has 0 aliphatic rings. The highest BCUT2D eigenvalue weighted by Gasteiger charge is 2.03. The predicted molar refractivity (Wildman–Crippen MR) is 67.5 cm³/mol. The van der Waals surface area contributed by atoms with Gasteiger partial charge in [0.25, 0.3) is 0 Å². The summed E-state index contributed by atoms with van der Waals surface area (Å²) in [6.45, 7) is 5.52. The zero-order valence-corrected chi connectivity index (χ0v) is 10.5. The SMILES string of the molecule is CCSCCCNC(C)Cc1ccco1. The molecule has 1 aromatic heterocycles. The fourth-order valence-corrected chi connectivity index (χ4v) is 2.11. The third kappa shape index (κ3) is 5.90. The molecule has 0 amide bonds. The van der Waals surface area contributed by atoms with E-state index < -0.39 is 0 Å². The van der Waals surface area contributed by atoms with Gasteiger partial charge in [0.05, 0.1) is 6.26 Å². The molecular weight excluding hydrogens is 206 g/mol. The van der Waals surface area contributed by atoms with Crippen LogP contribution in [-0.4, -0.2) is 24.1 Å². The molecule has 1 N–H and O–H groups in total. The Morgan fingerprint density at radius 3 is 3.07 bits per heavy atom. The smallest absolute Gasteiger partial charge is 0.105 e. The van der Waals surface area contributed by atoms with Gasteiger partial charge in [-0.05, 0) is 43.5 Å². The lowest BCUT2D eigenvalue weighted by Gasteiger charge is -2.11. The first kappa shape index (κ1) is 12.7. The summed E-state index contributed by atoms with van der Waals surface area (Å²) in [5, 5.41) is 3.51. The Morgan fingerprint density at radius 1 is 1.53 bits per heavy atom. The van der Waals surface area contributed by atoms with E-state index in [1.54, 1.807) is 6.26 Å². The molecule has 15 heavy (non-hydrogen) atoms. The lowest BCUT2D eigenvalue weighted by Crippen LogP contribution is -2.29. The second-order valence-electron chi connectivity index (χ2n) is 3.69. The highest BCUT2D eigenvalue weighted by molar-refractivity contribution is 7.99. The zero-order valence-electron chi connectivity index (χ0n) is 9.66. The summed E-state index contributed by atoms with van der Waals surface area (Å²) < 4.78 is 5.30. The molecule has 1 unspecified atom stereocenters.